The second-order valence-corrected chi connectivity index (χ2v) is 6.30. The van der Waals surface area contributed by atoms with Crippen LogP contribution < -0.4 is 15.4 Å². The van der Waals surface area contributed by atoms with Gasteiger partial charge in [0.1, 0.15) is 5.75 Å². The first-order chi connectivity index (χ1) is 12.0. The molecule has 0 saturated heterocycles. The van der Waals surface area contributed by atoms with Crippen molar-refractivity contribution in [1.29, 1.82) is 0 Å². The van der Waals surface area contributed by atoms with Gasteiger partial charge in [0, 0.05) is 22.3 Å². The summed E-state index contributed by atoms with van der Waals surface area (Å²) >= 11 is 3.38. The molecule has 0 aromatic heterocycles. The molecule has 0 heterocycles. The van der Waals surface area contributed by atoms with E-state index >= 15 is 0 Å². The molecule has 0 fully saturated rings. The Kier molecular flexibility index (Phi) is 7.01. The maximum absolute atomic E-state index is 12.6. The van der Waals surface area contributed by atoms with E-state index < -0.39 is 0 Å². The van der Waals surface area contributed by atoms with Gasteiger partial charge in [0.2, 0.25) is 0 Å². The Morgan fingerprint density at radius 2 is 1.88 bits per heavy atom. The summed E-state index contributed by atoms with van der Waals surface area (Å²) in [5, 5.41) is 5.56. The van der Waals surface area contributed by atoms with Gasteiger partial charge in [0.25, 0.3) is 11.8 Å². The molecule has 0 saturated carbocycles. The van der Waals surface area contributed by atoms with E-state index in [0.717, 1.165) is 10.9 Å². The molecule has 2 amide bonds. The number of carbonyl (C=O) groups excluding carboxylic acids is 2. The zero-order valence-electron chi connectivity index (χ0n) is 14.3. The van der Waals surface area contributed by atoms with Crippen LogP contribution in [0.4, 0.5) is 5.69 Å². The van der Waals surface area contributed by atoms with E-state index in [2.05, 4.69) is 26.6 Å². The number of hydrogen-bond donors (Lipinski definition) is 2. The minimum absolute atomic E-state index is 0.173. The highest BCUT2D eigenvalue weighted by Gasteiger charge is 2.14. The van der Waals surface area contributed by atoms with Crippen molar-refractivity contribution in [2.24, 2.45) is 0 Å². The summed E-state index contributed by atoms with van der Waals surface area (Å²) in [6, 6.07) is 12.1. The number of ether oxygens (including phenoxy) is 1. The summed E-state index contributed by atoms with van der Waals surface area (Å²) in [5.41, 5.74) is 1.48. The van der Waals surface area contributed by atoms with Crippen LogP contribution in [-0.2, 0) is 0 Å². The Balaban J connectivity index is 2.21. The Bertz CT molecular complexity index is 762. The molecule has 0 aliphatic carbocycles. The first kappa shape index (κ1) is 19.0. The summed E-state index contributed by atoms with van der Waals surface area (Å²) < 4.78 is 6.44. The van der Waals surface area contributed by atoms with Crippen molar-refractivity contribution in [2.45, 2.75) is 20.3 Å². The number of halogens is 1. The van der Waals surface area contributed by atoms with E-state index in [9.17, 15) is 9.59 Å². The Morgan fingerprint density at radius 1 is 1.08 bits per heavy atom. The quantitative estimate of drug-likeness (QED) is 0.724. The van der Waals surface area contributed by atoms with Gasteiger partial charge < -0.3 is 15.4 Å². The average molecular weight is 405 g/mol. The minimum atomic E-state index is -0.291. The van der Waals surface area contributed by atoms with Crippen LogP contribution in [-0.4, -0.2) is 25.0 Å². The van der Waals surface area contributed by atoms with Crippen molar-refractivity contribution in [3.05, 3.63) is 58.1 Å². The van der Waals surface area contributed by atoms with Crippen molar-refractivity contribution in [3.63, 3.8) is 0 Å². The van der Waals surface area contributed by atoms with Gasteiger partial charge in [-0.2, -0.15) is 0 Å². The normalized spacial score (nSPS) is 10.2. The Labute approximate surface area is 155 Å². The minimum Gasteiger partial charge on any atom is -0.493 e. The summed E-state index contributed by atoms with van der Waals surface area (Å²) in [7, 11) is 0. The van der Waals surface area contributed by atoms with Crippen molar-refractivity contribution in [3.8, 4) is 5.75 Å². The number of carbonyl (C=O) groups is 2. The number of benzene rings is 2. The lowest BCUT2D eigenvalue weighted by Crippen LogP contribution is -2.22. The highest BCUT2D eigenvalue weighted by molar-refractivity contribution is 9.10. The fourth-order valence-electron chi connectivity index (χ4n) is 2.22. The highest BCUT2D eigenvalue weighted by atomic mass is 79.9. The first-order valence-electron chi connectivity index (χ1n) is 8.17. The summed E-state index contributed by atoms with van der Waals surface area (Å²) in [5.74, 6) is 0.0657. The van der Waals surface area contributed by atoms with Crippen LogP contribution in [0.25, 0.3) is 0 Å². The van der Waals surface area contributed by atoms with E-state index in [0.29, 0.717) is 35.7 Å². The lowest BCUT2D eigenvalue weighted by molar-refractivity contribution is 0.0954. The molecule has 5 nitrogen and oxygen atoms in total. The van der Waals surface area contributed by atoms with E-state index in [1.165, 1.54) is 0 Å². The van der Waals surface area contributed by atoms with Crippen molar-refractivity contribution >= 4 is 33.4 Å². The van der Waals surface area contributed by atoms with Gasteiger partial charge in [0.05, 0.1) is 12.2 Å². The molecule has 0 bridgehead atoms. The lowest BCUT2D eigenvalue weighted by atomic mass is 10.1. The van der Waals surface area contributed by atoms with E-state index in [-0.39, 0.29) is 11.8 Å². The summed E-state index contributed by atoms with van der Waals surface area (Å²) in [6.07, 6.45) is 0.853. The van der Waals surface area contributed by atoms with Gasteiger partial charge in [-0.3, -0.25) is 9.59 Å². The van der Waals surface area contributed by atoms with Crippen molar-refractivity contribution < 1.29 is 14.3 Å². The molecule has 0 spiro atoms. The highest BCUT2D eigenvalue weighted by Crippen LogP contribution is 2.25. The topological polar surface area (TPSA) is 67.4 Å². The van der Waals surface area contributed by atoms with Gasteiger partial charge in [-0.1, -0.05) is 28.9 Å². The number of anilines is 1. The first-order valence-corrected chi connectivity index (χ1v) is 8.96. The predicted molar refractivity (Wildman–Crippen MR) is 102 cm³/mol. The number of nitrogens with one attached hydrogen (secondary N) is 2. The molecule has 0 radical (unpaired) electrons. The molecule has 132 valence electrons. The maximum Gasteiger partial charge on any atom is 0.259 e. The summed E-state index contributed by atoms with van der Waals surface area (Å²) in [4.78, 5) is 24.6. The molecule has 2 N–H and O–H groups in total. The largest absolute Gasteiger partial charge is 0.493 e. The second kappa shape index (κ2) is 9.22. The molecule has 0 unspecified atom stereocenters. The predicted octanol–water partition coefficient (Wildman–Crippen LogP) is 4.24. The van der Waals surface area contributed by atoms with Gasteiger partial charge in [-0.15, -0.1) is 0 Å². The molecular weight excluding hydrogens is 384 g/mol. The zero-order chi connectivity index (χ0) is 18.2. The molecule has 2 rings (SSSR count). The molecule has 6 heteroatoms. The van der Waals surface area contributed by atoms with Crippen LogP contribution in [0.3, 0.4) is 0 Å². The van der Waals surface area contributed by atoms with Crippen LogP contribution in [0.1, 0.15) is 41.0 Å². The molecular formula is C19H21BrN2O3. The third-order valence-corrected chi connectivity index (χ3v) is 3.86. The van der Waals surface area contributed by atoms with Crippen molar-refractivity contribution in [2.75, 3.05) is 18.5 Å². The molecule has 0 atom stereocenters. The van der Waals surface area contributed by atoms with Gasteiger partial charge in [0.15, 0.2) is 0 Å². The Hall–Kier alpha value is -2.34. The third kappa shape index (κ3) is 5.32. The van der Waals surface area contributed by atoms with Crippen LogP contribution in [0.15, 0.2) is 46.9 Å². The van der Waals surface area contributed by atoms with Crippen molar-refractivity contribution in [1.82, 2.24) is 5.32 Å². The van der Waals surface area contributed by atoms with E-state index in [4.69, 9.17) is 4.74 Å². The van der Waals surface area contributed by atoms with E-state index in [1.54, 1.807) is 36.4 Å². The lowest BCUT2D eigenvalue weighted by Gasteiger charge is -2.12. The molecule has 25 heavy (non-hydrogen) atoms. The molecule has 0 aliphatic heterocycles. The van der Waals surface area contributed by atoms with Crippen LogP contribution in [0.5, 0.6) is 5.75 Å². The second-order valence-electron chi connectivity index (χ2n) is 5.38. The molecule has 2 aromatic rings. The number of rotatable bonds is 7. The SMILES string of the molecule is CCCOc1ccc(Br)cc1C(=O)Nc1cccc(C(=O)NCC)c1. The monoisotopic (exact) mass is 404 g/mol. The van der Waals surface area contributed by atoms with Gasteiger partial charge in [-0.25, -0.2) is 0 Å². The third-order valence-electron chi connectivity index (χ3n) is 3.37. The smallest absolute Gasteiger partial charge is 0.259 e. The van der Waals surface area contributed by atoms with Gasteiger partial charge >= 0.3 is 0 Å². The average Bonchev–Trinajstić information content (AvgIpc) is 2.61. The summed E-state index contributed by atoms with van der Waals surface area (Å²) in [6.45, 7) is 4.94. The number of amides is 2. The van der Waals surface area contributed by atoms with Crippen LogP contribution in [0, 0.1) is 0 Å². The fourth-order valence-corrected chi connectivity index (χ4v) is 2.58. The van der Waals surface area contributed by atoms with Crippen LogP contribution >= 0.6 is 15.9 Å². The van der Waals surface area contributed by atoms with E-state index in [1.807, 2.05) is 19.9 Å². The zero-order valence-corrected chi connectivity index (χ0v) is 15.9. The number of hydrogen-bond acceptors (Lipinski definition) is 3. The Morgan fingerprint density at radius 3 is 2.60 bits per heavy atom. The maximum atomic E-state index is 12.6. The fraction of sp³-hybridized carbons (Fsp3) is 0.263. The standard InChI is InChI=1S/C19H21BrN2O3/c1-3-10-25-17-9-8-14(20)12-16(17)19(24)22-15-7-5-6-13(11-15)18(23)21-4-2/h5-9,11-12H,3-4,10H2,1-2H3,(H,21,23)(H,22,24). The van der Waals surface area contributed by atoms with Gasteiger partial charge in [-0.05, 0) is 49.7 Å². The molecule has 0 aliphatic rings. The molecule has 2 aromatic carbocycles. The van der Waals surface area contributed by atoms with Crippen LogP contribution in [0.2, 0.25) is 0 Å².